The Balaban J connectivity index is 1.92. The number of benzene rings is 2. The number of hydrogen-bond donors (Lipinski definition) is 1. The van der Waals surface area contributed by atoms with Gasteiger partial charge < -0.3 is 10.6 Å². The van der Waals surface area contributed by atoms with Crippen LogP contribution in [0.1, 0.15) is 56.7 Å². The molecule has 0 bridgehead atoms. The summed E-state index contributed by atoms with van der Waals surface area (Å²) in [5, 5.41) is 9.26. The molecule has 0 spiro atoms. The highest BCUT2D eigenvalue weighted by molar-refractivity contribution is 5.68. The summed E-state index contributed by atoms with van der Waals surface area (Å²) in [4.78, 5) is 2.20. The number of nitriles is 1. The molecule has 31 heavy (non-hydrogen) atoms. The van der Waals surface area contributed by atoms with Gasteiger partial charge in [-0.2, -0.15) is 5.26 Å². The van der Waals surface area contributed by atoms with E-state index in [9.17, 15) is 5.26 Å². The van der Waals surface area contributed by atoms with Gasteiger partial charge in [0.15, 0.2) is 0 Å². The zero-order valence-electron chi connectivity index (χ0n) is 19.0. The quantitative estimate of drug-likeness (QED) is 0.573. The minimum absolute atomic E-state index is 0.0203. The van der Waals surface area contributed by atoms with Crippen molar-refractivity contribution in [2.45, 2.75) is 46.6 Å². The maximum atomic E-state index is 9.26. The Kier molecular flexibility index (Phi) is 7.02. The molecule has 1 aliphatic rings. The van der Waals surface area contributed by atoms with Gasteiger partial charge in [0, 0.05) is 18.5 Å². The Morgan fingerprint density at radius 3 is 2.65 bits per heavy atom. The smallest absolute Gasteiger partial charge is 0.0991 e. The van der Waals surface area contributed by atoms with Crippen LogP contribution < -0.4 is 5.73 Å². The first-order valence-electron chi connectivity index (χ1n) is 10.9. The lowest BCUT2D eigenvalue weighted by atomic mass is 9.70. The van der Waals surface area contributed by atoms with Crippen LogP contribution in [0.2, 0.25) is 0 Å². The summed E-state index contributed by atoms with van der Waals surface area (Å²) in [6.07, 6.45) is 5.74. The van der Waals surface area contributed by atoms with Crippen molar-refractivity contribution < 1.29 is 0 Å². The van der Waals surface area contributed by atoms with Gasteiger partial charge in [-0.25, -0.2) is 0 Å². The Labute approximate surface area is 187 Å². The summed E-state index contributed by atoms with van der Waals surface area (Å²) in [5.74, 6) is 0.607. The van der Waals surface area contributed by atoms with Crippen molar-refractivity contribution in [3.63, 3.8) is 0 Å². The van der Waals surface area contributed by atoms with Crippen molar-refractivity contribution in [2.75, 3.05) is 6.54 Å². The Morgan fingerprint density at radius 2 is 1.97 bits per heavy atom. The average Bonchev–Trinajstić information content (AvgIpc) is 2.76. The van der Waals surface area contributed by atoms with E-state index in [-0.39, 0.29) is 5.41 Å². The molecule has 1 atom stereocenters. The maximum absolute atomic E-state index is 9.26. The zero-order chi connectivity index (χ0) is 22.4. The molecule has 2 aromatic carbocycles. The molecule has 0 amide bonds. The monoisotopic (exact) mass is 411 g/mol. The highest BCUT2D eigenvalue weighted by Crippen LogP contribution is 2.43. The van der Waals surface area contributed by atoms with Gasteiger partial charge in [0.25, 0.3) is 0 Å². The van der Waals surface area contributed by atoms with Crippen LogP contribution in [0.15, 0.2) is 84.2 Å². The second kappa shape index (κ2) is 9.71. The highest BCUT2D eigenvalue weighted by Gasteiger charge is 2.34. The van der Waals surface area contributed by atoms with Gasteiger partial charge in [-0.15, -0.1) is 0 Å². The number of nitrogens with two attached hydrogens (primary N) is 1. The third-order valence-electron chi connectivity index (χ3n) is 6.36. The van der Waals surface area contributed by atoms with Crippen molar-refractivity contribution in [1.82, 2.24) is 4.90 Å². The van der Waals surface area contributed by atoms with Crippen molar-refractivity contribution in [1.29, 1.82) is 5.26 Å². The summed E-state index contributed by atoms with van der Waals surface area (Å²) in [6.45, 7) is 12.4. The van der Waals surface area contributed by atoms with Crippen LogP contribution >= 0.6 is 0 Å². The molecule has 2 aromatic rings. The fraction of sp³-hybridized carbons (Fsp3) is 0.321. The van der Waals surface area contributed by atoms with Gasteiger partial charge in [0.05, 0.1) is 17.5 Å². The van der Waals surface area contributed by atoms with Crippen molar-refractivity contribution in [2.24, 2.45) is 11.1 Å². The minimum Gasteiger partial charge on any atom is -0.386 e. The van der Waals surface area contributed by atoms with Gasteiger partial charge in [0.2, 0.25) is 0 Å². The third-order valence-corrected chi connectivity index (χ3v) is 6.36. The standard InChI is InChI=1S/C28H33N3/c1-21-10-9-15-28(4,20-31(23(3)30)19-24-11-6-5-7-12-24)27(21)16-22(2)26-14-8-13-25(17-26)18-29/h5-8,11-14,16-17H,3,9-10,15,19-20,30H2,1-2,4H3/b22-16+. The molecule has 0 saturated carbocycles. The predicted octanol–water partition coefficient (Wildman–Crippen LogP) is 6.40. The van der Waals surface area contributed by atoms with Crippen LogP contribution in [0.4, 0.5) is 0 Å². The van der Waals surface area contributed by atoms with Crippen molar-refractivity contribution in [3.05, 3.63) is 101 Å². The molecular weight excluding hydrogens is 378 g/mol. The second-order valence-electron chi connectivity index (χ2n) is 8.96. The van der Waals surface area contributed by atoms with Gasteiger partial charge >= 0.3 is 0 Å². The van der Waals surface area contributed by atoms with Gasteiger partial charge in [0.1, 0.15) is 0 Å². The van der Waals surface area contributed by atoms with Crippen LogP contribution in [0.25, 0.3) is 5.57 Å². The van der Waals surface area contributed by atoms with Gasteiger partial charge in [-0.1, -0.05) is 67.6 Å². The van der Waals surface area contributed by atoms with E-state index < -0.39 is 0 Å². The van der Waals surface area contributed by atoms with Crippen LogP contribution in [-0.4, -0.2) is 11.4 Å². The van der Waals surface area contributed by atoms with Gasteiger partial charge in [-0.05, 0) is 67.5 Å². The van der Waals surface area contributed by atoms with E-state index in [0.717, 1.165) is 31.5 Å². The molecule has 0 saturated heterocycles. The molecule has 0 fully saturated rings. The lowest BCUT2D eigenvalue weighted by molar-refractivity contribution is 0.205. The maximum Gasteiger partial charge on any atom is 0.0991 e. The van der Waals surface area contributed by atoms with E-state index in [4.69, 9.17) is 5.73 Å². The van der Waals surface area contributed by atoms with Crippen LogP contribution in [0, 0.1) is 16.7 Å². The molecule has 2 N–H and O–H groups in total. The first kappa shape index (κ1) is 22.4. The molecule has 160 valence electrons. The Bertz CT molecular complexity index is 1040. The molecule has 0 heterocycles. The molecule has 1 unspecified atom stereocenters. The molecule has 3 nitrogen and oxygen atoms in total. The van der Waals surface area contributed by atoms with E-state index in [1.807, 2.05) is 24.3 Å². The Morgan fingerprint density at radius 1 is 1.23 bits per heavy atom. The summed E-state index contributed by atoms with van der Waals surface area (Å²) >= 11 is 0. The van der Waals surface area contributed by atoms with Crippen molar-refractivity contribution >= 4 is 5.57 Å². The lowest BCUT2D eigenvalue weighted by Gasteiger charge is -2.41. The van der Waals surface area contributed by atoms with E-state index in [1.165, 1.54) is 28.7 Å². The molecule has 0 radical (unpaired) electrons. The van der Waals surface area contributed by atoms with Crippen molar-refractivity contribution in [3.8, 4) is 6.07 Å². The fourth-order valence-corrected chi connectivity index (χ4v) is 4.61. The molecule has 1 aliphatic carbocycles. The lowest BCUT2D eigenvalue weighted by Crippen LogP contribution is -2.39. The molecule has 3 heteroatoms. The Hall–Kier alpha value is -3.25. The molecular formula is C28H33N3. The number of allylic oxidation sites excluding steroid dienone is 3. The highest BCUT2D eigenvalue weighted by atomic mass is 15.2. The number of rotatable bonds is 7. The number of nitrogens with zero attached hydrogens (tertiary/aromatic N) is 2. The topological polar surface area (TPSA) is 53.0 Å². The minimum atomic E-state index is -0.0203. The fourth-order valence-electron chi connectivity index (χ4n) is 4.61. The normalized spacial score (nSPS) is 19.1. The van der Waals surface area contributed by atoms with Crippen LogP contribution in [-0.2, 0) is 6.54 Å². The van der Waals surface area contributed by atoms with E-state index in [0.29, 0.717) is 11.4 Å². The van der Waals surface area contributed by atoms with Crippen LogP contribution in [0.3, 0.4) is 0 Å². The summed E-state index contributed by atoms with van der Waals surface area (Å²) in [6, 6.07) is 20.5. The number of hydrogen-bond acceptors (Lipinski definition) is 3. The predicted molar refractivity (Wildman–Crippen MR) is 130 cm³/mol. The van der Waals surface area contributed by atoms with E-state index >= 15 is 0 Å². The van der Waals surface area contributed by atoms with E-state index in [2.05, 4.69) is 74.7 Å². The molecule has 0 aromatic heterocycles. The zero-order valence-corrected chi connectivity index (χ0v) is 19.0. The summed E-state index contributed by atoms with van der Waals surface area (Å²) in [5.41, 5.74) is 13.2. The first-order chi connectivity index (χ1) is 14.8. The van der Waals surface area contributed by atoms with Gasteiger partial charge in [-0.3, -0.25) is 0 Å². The average molecular weight is 412 g/mol. The SMILES string of the molecule is C=C(N)N(Cc1ccccc1)CC1(C)CCCC(C)=C1/C=C(\C)c1cccc(C#N)c1. The van der Waals surface area contributed by atoms with Crippen LogP contribution in [0.5, 0.6) is 0 Å². The second-order valence-corrected chi connectivity index (χ2v) is 8.96. The summed E-state index contributed by atoms with van der Waals surface area (Å²) < 4.78 is 0. The van der Waals surface area contributed by atoms with E-state index in [1.54, 1.807) is 0 Å². The third kappa shape index (κ3) is 5.47. The molecule has 3 rings (SSSR count). The molecule has 0 aliphatic heterocycles. The summed E-state index contributed by atoms with van der Waals surface area (Å²) in [7, 11) is 0. The first-order valence-corrected chi connectivity index (χ1v) is 10.9. The largest absolute Gasteiger partial charge is 0.386 e.